The number of nitrogens with one attached hydrogen (secondary N) is 2. The molecule has 174 valence electrons. The van der Waals surface area contributed by atoms with Crippen LogP contribution >= 0.6 is 46.1 Å². The lowest BCUT2D eigenvalue weighted by atomic mass is 10.1. The van der Waals surface area contributed by atoms with E-state index >= 15 is 0 Å². The van der Waals surface area contributed by atoms with Crippen LogP contribution in [0.4, 0.5) is 5.00 Å². The summed E-state index contributed by atoms with van der Waals surface area (Å²) in [5, 5.41) is 5.69. The van der Waals surface area contributed by atoms with Crippen molar-refractivity contribution in [3.05, 3.63) is 51.4 Å². The lowest BCUT2D eigenvalue weighted by molar-refractivity contribution is 0.0527. The zero-order valence-corrected chi connectivity index (χ0v) is 21.0. The Bertz CT molecular complexity index is 987. The topological polar surface area (TPSA) is 93.7 Å². The molecule has 2 rings (SSSR count). The van der Waals surface area contributed by atoms with Crippen LogP contribution in [0.3, 0.4) is 0 Å². The van der Waals surface area contributed by atoms with Crippen molar-refractivity contribution < 1.29 is 23.9 Å². The maximum absolute atomic E-state index is 12.7. The average molecular weight is 522 g/mol. The van der Waals surface area contributed by atoms with E-state index in [0.717, 1.165) is 16.9 Å². The standard InChI is InChI=1S/C21H23Cl3N2O5S/c1-5-30-18(28)14-12(4)15(19(29)31-6-2)32-17(14)26-20(21(22,23)24)25-16(27)13-9-7-11(3)8-10-13/h7-10,20,26H,5-6H2,1-4H3,(H,25,27). The van der Waals surface area contributed by atoms with Crippen molar-refractivity contribution in [1.29, 1.82) is 0 Å². The number of ether oxygens (including phenoxy) is 2. The number of thiophene rings is 1. The predicted octanol–water partition coefficient (Wildman–Crippen LogP) is 5.26. The van der Waals surface area contributed by atoms with E-state index in [1.54, 1.807) is 45.0 Å². The molecule has 0 aliphatic heterocycles. The molecule has 0 aliphatic rings. The fourth-order valence-corrected chi connectivity index (χ4v) is 4.15. The van der Waals surface area contributed by atoms with Gasteiger partial charge in [-0.05, 0) is 45.4 Å². The van der Waals surface area contributed by atoms with E-state index in [2.05, 4.69) is 10.6 Å². The summed E-state index contributed by atoms with van der Waals surface area (Å²) in [6.45, 7) is 7.11. The van der Waals surface area contributed by atoms with E-state index in [9.17, 15) is 14.4 Å². The minimum absolute atomic E-state index is 0.101. The summed E-state index contributed by atoms with van der Waals surface area (Å²) in [7, 11) is 0. The van der Waals surface area contributed by atoms with Gasteiger partial charge in [-0.3, -0.25) is 4.79 Å². The molecule has 1 heterocycles. The number of alkyl halides is 3. The van der Waals surface area contributed by atoms with E-state index in [-0.39, 0.29) is 28.7 Å². The number of hydrogen-bond donors (Lipinski definition) is 2. The van der Waals surface area contributed by atoms with E-state index in [1.807, 2.05) is 6.92 Å². The van der Waals surface area contributed by atoms with Crippen molar-refractivity contribution in [2.45, 2.75) is 37.7 Å². The van der Waals surface area contributed by atoms with Gasteiger partial charge in [0.2, 0.25) is 3.79 Å². The molecule has 32 heavy (non-hydrogen) atoms. The molecule has 0 bridgehead atoms. The van der Waals surface area contributed by atoms with E-state index in [1.165, 1.54) is 0 Å². The Kier molecular flexibility index (Phi) is 9.21. The highest BCUT2D eigenvalue weighted by Gasteiger charge is 2.37. The van der Waals surface area contributed by atoms with Crippen molar-refractivity contribution >= 4 is 69.0 Å². The molecule has 0 saturated heterocycles. The Labute approximate surface area is 205 Å². The lowest BCUT2D eigenvalue weighted by Gasteiger charge is -2.27. The Morgan fingerprint density at radius 2 is 1.56 bits per heavy atom. The minimum Gasteiger partial charge on any atom is -0.462 e. The summed E-state index contributed by atoms with van der Waals surface area (Å²) >= 11 is 19.3. The molecule has 0 radical (unpaired) electrons. The van der Waals surface area contributed by atoms with Gasteiger partial charge in [0.25, 0.3) is 5.91 Å². The molecule has 0 fully saturated rings. The summed E-state index contributed by atoms with van der Waals surface area (Å²) in [6.07, 6.45) is -1.23. The number of hydrogen-bond acceptors (Lipinski definition) is 7. The molecule has 0 saturated carbocycles. The third kappa shape index (κ3) is 6.51. The number of carbonyl (C=O) groups is 3. The fourth-order valence-electron chi connectivity index (χ4n) is 2.71. The Morgan fingerprint density at radius 3 is 2.09 bits per heavy atom. The smallest absolute Gasteiger partial charge is 0.348 e. The van der Waals surface area contributed by atoms with Crippen LogP contribution in [-0.2, 0) is 9.47 Å². The summed E-state index contributed by atoms with van der Waals surface area (Å²) in [6, 6.07) is 6.83. The van der Waals surface area contributed by atoms with E-state index in [0.29, 0.717) is 11.1 Å². The van der Waals surface area contributed by atoms with Crippen LogP contribution in [0.5, 0.6) is 0 Å². The van der Waals surface area contributed by atoms with Crippen LogP contribution in [0, 0.1) is 13.8 Å². The highest BCUT2D eigenvalue weighted by molar-refractivity contribution is 7.18. The molecule has 7 nitrogen and oxygen atoms in total. The monoisotopic (exact) mass is 520 g/mol. The normalized spacial score (nSPS) is 12.1. The number of amides is 1. The molecule has 1 unspecified atom stereocenters. The van der Waals surface area contributed by atoms with Crippen molar-refractivity contribution in [2.24, 2.45) is 0 Å². The third-order valence-corrected chi connectivity index (χ3v) is 6.14. The van der Waals surface area contributed by atoms with Crippen LogP contribution in [0.15, 0.2) is 24.3 Å². The molecule has 1 amide bonds. The highest BCUT2D eigenvalue weighted by Crippen LogP contribution is 2.38. The number of anilines is 1. The van der Waals surface area contributed by atoms with Gasteiger partial charge in [0, 0.05) is 5.56 Å². The Balaban J connectivity index is 2.42. The van der Waals surface area contributed by atoms with Crippen molar-refractivity contribution in [1.82, 2.24) is 5.32 Å². The zero-order valence-electron chi connectivity index (χ0n) is 17.9. The maximum atomic E-state index is 12.7. The van der Waals surface area contributed by atoms with Gasteiger partial charge in [0.1, 0.15) is 16.0 Å². The van der Waals surface area contributed by atoms with Gasteiger partial charge in [0.15, 0.2) is 0 Å². The maximum Gasteiger partial charge on any atom is 0.348 e. The van der Waals surface area contributed by atoms with Crippen molar-refractivity contribution in [3.8, 4) is 0 Å². The van der Waals surface area contributed by atoms with Gasteiger partial charge in [-0.1, -0.05) is 52.5 Å². The first-order valence-electron chi connectivity index (χ1n) is 9.67. The number of halogens is 3. The van der Waals surface area contributed by atoms with Gasteiger partial charge in [0.05, 0.1) is 18.8 Å². The SMILES string of the molecule is CCOC(=O)c1sc(NC(NC(=O)c2ccc(C)cc2)C(Cl)(Cl)Cl)c(C(=O)OCC)c1C. The number of carbonyl (C=O) groups excluding carboxylic acids is 3. The molecule has 0 spiro atoms. The molecular formula is C21H23Cl3N2O5S. The second-order valence-electron chi connectivity index (χ2n) is 6.66. The number of aryl methyl sites for hydroxylation is 1. The number of rotatable bonds is 8. The quantitative estimate of drug-likeness (QED) is 0.280. The molecule has 2 aromatic rings. The van der Waals surface area contributed by atoms with E-state index < -0.39 is 27.8 Å². The molecular weight excluding hydrogens is 499 g/mol. The van der Waals surface area contributed by atoms with Crippen LogP contribution < -0.4 is 10.6 Å². The van der Waals surface area contributed by atoms with Crippen LogP contribution in [-0.4, -0.2) is 41.0 Å². The van der Waals surface area contributed by atoms with Crippen molar-refractivity contribution in [3.63, 3.8) is 0 Å². The fraction of sp³-hybridized carbons (Fsp3) is 0.381. The van der Waals surface area contributed by atoms with Gasteiger partial charge in [-0.15, -0.1) is 11.3 Å². The van der Waals surface area contributed by atoms with E-state index in [4.69, 9.17) is 44.3 Å². The Morgan fingerprint density at radius 1 is 1.00 bits per heavy atom. The van der Waals surface area contributed by atoms with Gasteiger partial charge in [-0.25, -0.2) is 9.59 Å². The first-order chi connectivity index (χ1) is 15.0. The van der Waals surface area contributed by atoms with Crippen LogP contribution in [0.25, 0.3) is 0 Å². The summed E-state index contributed by atoms with van der Waals surface area (Å²) in [5.74, 6) is -1.75. The number of esters is 2. The second-order valence-corrected chi connectivity index (χ2v) is 10.0. The van der Waals surface area contributed by atoms with Crippen LogP contribution in [0.1, 0.15) is 55.4 Å². The molecule has 0 aliphatic carbocycles. The largest absolute Gasteiger partial charge is 0.462 e. The second kappa shape index (κ2) is 11.2. The zero-order chi connectivity index (χ0) is 24.1. The highest BCUT2D eigenvalue weighted by atomic mass is 35.6. The summed E-state index contributed by atoms with van der Waals surface area (Å²) < 4.78 is 8.19. The Hall–Kier alpha value is -2.00. The first-order valence-corrected chi connectivity index (χ1v) is 11.6. The lowest BCUT2D eigenvalue weighted by Crippen LogP contribution is -2.49. The predicted molar refractivity (Wildman–Crippen MR) is 127 cm³/mol. The molecule has 11 heteroatoms. The summed E-state index contributed by atoms with van der Waals surface area (Å²) in [5.41, 5.74) is 1.81. The molecule has 1 aromatic carbocycles. The third-order valence-electron chi connectivity index (χ3n) is 4.28. The molecule has 2 N–H and O–H groups in total. The first kappa shape index (κ1) is 26.3. The van der Waals surface area contributed by atoms with Crippen LogP contribution in [0.2, 0.25) is 0 Å². The van der Waals surface area contributed by atoms with Crippen molar-refractivity contribution in [2.75, 3.05) is 18.5 Å². The van der Waals surface area contributed by atoms with Gasteiger partial charge >= 0.3 is 11.9 Å². The number of benzene rings is 1. The summed E-state index contributed by atoms with van der Waals surface area (Å²) in [4.78, 5) is 37.8. The van der Waals surface area contributed by atoms with Gasteiger partial charge < -0.3 is 20.1 Å². The average Bonchev–Trinajstić information content (AvgIpc) is 3.03. The molecule has 1 aromatic heterocycles. The van der Waals surface area contributed by atoms with Gasteiger partial charge in [-0.2, -0.15) is 0 Å². The minimum atomic E-state index is -1.99. The molecule has 1 atom stereocenters.